The third-order valence-corrected chi connectivity index (χ3v) is 3.43. The molecule has 0 saturated carbocycles. The average Bonchev–Trinajstić information content (AvgIpc) is 2.41. The van der Waals surface area contributed by atoms with Crippen LogP contribution in [0.2, 0.25) is 5.02 Å². The maximum atomic E-state index is 13.1. The maximum Gasteiger partial charge on any atom is 0.292 e. The quantitative estimate of drug-likeness (QED) is 0.640. The van der Waals surface area contributed by atoms with E-state index in [1.807, 2.05) is 0 Å². The van der Waals surface area contributed by atoms with Crippen molar-refractivity contribution < 1.29 is 14.1 Å². The Kier molecular flexibility index (Phi) is 4.54. The number of nitrogens with one attached hydrogen (secondary N) is 1. The third-order valence-electron chi connectivity index (χ3n) is 2.59. The number of nitrogens with zero attached hydrogens (tertiary/aromatic N) is 1. The Morgan fingerprint density at radius 3 is 2.62 bits per heavy atom. The predicted molar refractivity (Wildman–Crippen MR) is 80.2 cm³/mol. The minimum Gasteiger partial charge on any atom is -0.316 e. The van der Waals surface area contributed by atoms with Crippen LogP contribution in [0.25, 0.3) is 0 Å². The van der Waals surface area contributed by atoms with Crippen molar-refractivity contribution in [3.63, 3.8) is 0 Å². The molecule has 0 spiro atoms. The first kappa shape index (κ1) is 15.4. The van der Waals surface area contributed by atoms with Crippen LogP contribution in [0.4, 0.5) is 15.8 Å². The van der Waals surface area contributed by atoms with E-state index in [1.54, 1.807) is 0 Å². The number of halogens is 3. The normalized spacial score (nSPS) is 10.2. The second-order valence-corrected chi connectivity index (χ2v) is 5.29. The topological polar surface area (TPSA) is 72.2 Å². The van der Waals surface area contributed by atoms with Gasteiger partial charge in [-0.3, -0.25) is 14.9 Å². The van der Waals surface area contributed by atoms with Gasteiger partial charge in [-0.2, -0.15) is 0 Å². The molecule has 0 bridgehead atoms. The van der Waals surface area contributed by atoms with E-state index >= 15 is 0 Å². The van der Waals surface area contributed by atoms with Gasteiger partial charge in [0.25, 0.3) is 11.6 Å². The zero-order valence-electron chi connectivity index (χ0n) is 10.3. The Balaban J connectivity index is 2.33. The summed E-state index contributed by atoms with van der Waals surface area (Å²) >= 11 is 8.73. The first-order valence-electron chi connectivity index (χ1n) is 5.59. The Hall–Kier alpha value is -1.99. The standard InChI is InChI=1S/C13H7BrClFN2O3/c14-9-5-7(1-3-10(9)16)13(19)17-11-6-8(15)2-4-12(11)18(20)21/h1-6H,(H,17,19). The fourth-order valence-electron chi connectivity index (χ4n) is 1.60. The fourth-order valence-corrected chi connectivity index (χ4v) is 2.15. The van der Waals surface area contributed by atoms with Gasteiger partial charge in [0.1, 0.15) is 11.5 Å². The molecule has 0 radical (unpaired) electrons. The van der Waals surface area contributed by atoms with Gasteiger partial charge in [-0.1, -0.05) is 11.6 Å². The van der Waals surface area contributed by atoms with E-state index in [4.69, 9.17) is 11.6 Å². The molecule has 1 amide bonds. The number of rotatable bonds is 3. The SMILES string of the molecule is O=C(Nc1cc(Cl)ccc1[N+](=O)[O-])c1ccc(F)c(Br)c1. The van der Waals surface area contributed by atoms with Gasteiger partial charge in [0.05, 0.1) is 9.40 Å². The number of nitro groups is 1. The lowest BCUT2D eigenvalue weighted by Crippen LogP contribution is -2.13. The molecule has 5 nitrogen and oxygen atoms in total. The molecule has 2 rings (SSSR count). The molecular formula is C13H7BrClFN2O3. The molecule has 1 N–H and O–H groups in total. The first-order valence-corrected chi connectivity index (χ1v) is 6.76. The summed E-state index contributed by atoms with van der Waals surface area (Å²) in [5.74, 6) is -1.12. The van der Waals surface area contributed by atoms with Gasteiger partial charge in [0.2, 0.25) is 0 Å². The number of carbonyl (C=O) groups excluding carboxylic acids is 1. The molecule has 108 valence electrons. The second kappa shape index (κ2) is 6.19. The summed E-state index contributed by atoms with van der Waals surface area (Å²) in [4.78, 5) is 22.3. The molecule has 0 unspecified atom stereocenters. The van der Waals surface area contributed by atoms with E-state index in [2.05, 4.69) is 21.2 Å². The van der Waals surface area contributed by atoms with Crippen LogP contribution in [0, 0.1) is 15.9 Å². The molecule has 0 fully saturated rings. The highest BCUT2D eigenvalue weighted by atomic mass is 79.9. The lowest BCUT2D eigenvalue weighted by molar-refractivity contribution is -0.383. The van der Waals surface area contributed by atoms with Crippen LogP contribution in [0.1, 0.15) is 10.4 Å². The molecule has 0 aliphatic rings. The zero-order chi connectivity index (χ0) is 15.6. The highest BCUT2D eigenvalue weighted by Gasteiger charge is 2.17. The monoisotopic (exact) mass is 372 g/mol. The molecular weight excluding hydrogens is 367 g/mol. The van der Waals surface area contributed by atoms with Gasteiger partial charge in [0, 0.05) is 16.7 Å². The number of nitro benzene ring substituents is 1. The Bertz CT molecular complexity index is 739. The van der Waals surface area contributed by atoms with E-state index in [-0.39, 0.29) is 26.4 Å². The Morgan fingerprint density at radius 1 is 1.29 bits per heavy atom. The predicted octanol–water partition coefficient (Wildman–Crippen LogP) is 4.40. The maximum absolute atomic E-state index is 13.1. The molecule has 21 heavy (non-hydrogen) atoms. The summed E-state index contributed by atoms with van der Waals surface area (Å²) in [7, 11) is 0. The highest BCUT2D eigenvalue weighted by Crippen LogP contribution is 2.28. The number of amides is 1. The van der Waals surface area contributed by atoms with E-state index in [1.165, 1.54) is 30.3 Å². The number of carbonyl (C=O) groups is 1. The van der Waals surface area contributed by atoms with Crippen LogP contribution in [-0.4, -0.2) is 10.8 Å². The minimum atomic E-state index is -0.632. The van der Waals surface area contributed by atoms with Crippen molar-refractivity contribution in [2.45, 2.75) is 0 Å². The van der Waals surface area contributed by atoms with Crippen molar-refractivity contribution in [2.24, 2.45) is 0 Å². The van der Waals surface area contributed by atoms with Crippen molar-refractivity contribution in [1.29, 1.82) is 0 Å². The molecule has 2 aromatic carbocycles. The molecule has 0 atom stereocenters. The van der Waals surface area contributed by atoms with Gasteiger partial charge in [0.15, 0.2) is 0 Å². The third kappa shape index (κ3) is 3.56. The van der Waals surface area contributed by atoms with Crippen LogP contribution in [0.5, 0.6) is 0 Å². The van der Waals surface area contributed by atoms with E-state index < -0.39 is 16.6 Å². The van der Waals surface area contributed by atoms with Crippen LogP contribution in [0.15, 0.2) is 40.9 Å². The Morgan fingerprint density at radius 2 is 2.00 bits per heavy atom. The van der Waals surface area contributed by atoms with Crippen LogP contribution in [-0.2, 0) is 0 Å². The number of anilines is 1. The number of hydrogen-bond donors (Lipinski definition) is 1. The highest BCUT2D eigenvalue weighted by molar-refractivity contribution is 9.10. The van der Waals surface area contributed by atoms with Gasteiger partial charge >= 0.3 is 0 Å². The summed E-state index contributed by atoms with van der Waals surface area (Å²) < 4.78 is 13.2. The zero-order valence-corrected chi connectivity index (χ0v) is 12.6. The summed E-state index contributed by atoms with van der Waals surface area (Å²) in [6, 6.07) is 7.48. The molecule has 2 aromatic rings. The number of hydrogen-bond acceptors (Lipinski definition) is 3. The van der Waals surface area contributed by atoms with E-state index in [0.29, 0.717) is 0 Å². The van der Waals surface area contributed by atoms with Crippen LogP contribution >= 0.6 is 27.5 Å². The van der Waals surface area contributed by atoms with Crippen molar-refractivity contribution in [2.75, 3.05) is 5.32 Å². The van der Waals surface area contributed by atoms with E-state index in [0.717, 1.165) is 6.07 Å². The van der Waals surface area contributed by atoms with Crippen molar-refractivity contribution in [1.82, 2.24) is 0 Å². The van der Waals surface area contributed by atoms with Crippen LogP contribution in [0.3, 0.4) is 0 Å². The molecule has 8 heteroatoms. The van der Waals surface area contributed by atoms with Crippen molar-refractivity contribution in [3.05, 3.63) is 67.4 Å². The largest absolute Gasteiger partial charge is 0.316 e. The Labute approximate surface area is 132 Å². The first-order chi connectivity index (χ1) is 9.88. The summed E-state index contributed by atoms with van der Waals surface area (Å²) in [6.45, 7) is 0. The van der Waals surface area contributed by atoms with Gasteiger partial charge in [-0.15, -0.1) is 0 Å². The second-order valence-electron chi connectivity index (χ2n) is 4.00. The molecule has 0 aliphatic heterocycles. The molecule has 0 saturated heterocycles. The number of benzene rings is 2. The molecule has 0 aromatic heterocycles. The average molecular weight is 374 g/mol. The van der Waals surface area contributed by atoms with Crippen molar-refractivity contribution in [3.8, 4) is 0 Å². The summed E-state index contributed by atoms with van der Waals surface area (Å²) in [5.41, 5.74) is -0.163. The summed E-state index contributed by atoms with van der Waals surface area (Å²) in [6.07, 6.45) is 0. The van der Waals surface area contributed by atoms with Crippen LogP contribution < -0.4 is 5.32 Å². The lowest BCUT2D eigenvalue weighted by Gasteiger charge is -2.07. The van der Waals surface area contributed by atoms with Crippen molar-refractivity contribution >= 4 is 44.8 Å². The lowest BCUT2D eigenvalue weighted by atomic mass is 10.2. The molecule has 0 heterocycles. The smallest absolute Gasteiger partial charge is 0.292 e. The van der Waals surface area contributed by atoms with Gasteiger partial charge < -0.3 is 5.32 Å². The summed E-state index contributed by atoms with van der Waals surface area (Å²) in [5, 5.41) is 13.5. The minimum absolute atomic E-state index is 0.0297. The molecule has 0 aliphatic carbocycles. The van der Waals surface area contributed by atoms with E-state index in [9.17, 15) is 19.3 Å². The van der Waals surface area contributed by atoms with Gasteiger partial charge in [-0.25, -0.2) is 4.39 Å². The van der Waals surface area contributed by atoms with Gasteiger partial charge in [-0.05, 0) is 46.3 Å². The fraction of sp³-hybridized carbons (Fsp3) is 0.